The molecule has 110 valence electrons. The highest BCUT2D eigenvalue weighted by Crippen LogP contribution is 2.25. The van der Waals surface area contributed by atoms with Gasteiger partial charge in [-0.25, -0.2) is 0 Å². The number of aromatic nitrogens is 1. The lowest BCUT2D eigenvalue weighted by molar-refractivity contribution is -0.154. The highest BCUT2D eigenvalue weighted by molar-refractivity contribution is 5.99. The van der Waals surface area contributed by atoms with E-state index in [1.165, 1.54) is 0 Å². The summed E-state index contributed by atoms with van der Waals surface area (Å²) >= 11 is 0. The fourth-order valence-corrected chi connectivity index (χ4v) is 2.41. The van der Waals surface area contributed by atoms with Crippen molar-refractivity contribution in [2.45, 2.75) is 59.2 Å². The van der Waals surface area contributed by atoms with Crippen LogP contribution < -0.4 is 5.32 Å². The second-order valence-corrected chi connectivity index (χ2v) is 5.59. The summed E-state index contributed by atoms with van der Waals surface area (Å²) < 4.78 is 5.12. The maximum atomic E-state index is 12.6. The number of carbonyl (C=O) groups is 2. The molecular formula is C14H21N3O3. The first-order valence-corrected chi connectivity index (χ1v) is 6.85. The van der Waals surface area contributed by atoms with Crippen molar-refractivity contribution in [3.63, 3.8) is 0 Å². The number of amides is 2. The summed E-state index contributed by atoms with van der Waals surface area (Å²) in [6, 6.07) is -0.490. The third-order valence-electron chi connectivity index (χ3n) is 4.20. The molecule has 1 fully saturated rings. The zero-order valence-electron chi connectivity index (χ0n) is 12.6. The van der Waals surface area contributed by atoms with Crippen molar-refractivity contribution in [1.29, 1.82) is 0 Å². The van der Waals surface area contributed by atoms with Crippen molar-refractivity contribution in [3.8, 4) is 0 Å². The van der Waals surface area contributed by atoms with Crippen molar-refractivity contribution in [1.82, 2.24) is 15.4 Å². The van der Waals surface area contributed by atoms with Gasteiger partial charge in [-0.05, 0) is 34.1 Å². The van der Waals surface area contributed by atoms with Gasteiger partial charge in [0.05, 0.1) is 12.2 Å². The predicted octanol–water partition coefficient (Wildman–Crippen LogP) is 1.31. The van der Waals surface area contributed by atoms with Gasteiger partial charge in [-0.3, -0.25) is 9.59 Å². The molecule has 2 rings (SSSR count). The molecule has 0 aliphatic carbocycles. The van der Waals surface area contributed by atoms with Crippen molar-refractivity contribution >= 4 is 11.8 Å². The topological polar surface area (TPSA) is 75.4 Å². The standard InChI is InChI=1S/C14H21N3O3/c1-6-14(5)13(19)17(9(3)12(18)15-14)7-11-8(2)16-20-10(11)4/h9H,6-7H2,1-5H3,(H,15,18). The molecule has 2 amide bonds. The largest absolute Gasteiger partial charge is 0.361 e. The van der Waals surface area contributed by atoms with Crippen LogP contribution in [0.3, 0.4) is 0 Å². The second-order valence-electron chi connectivity index (χ2n) is 5.59. The lowest BCUT2D eigenvalue weighted by Gasteiger charge is -2.43. The van der Waals surface area contributed by atoms with Gasteiger partial charge in [0.2, 0.25) is 11.8 Å². The summed E-state index contributed by atoms with van der Waals surface area (Å²) in [7, 11) is 0. The van der Waals surface area contributed by atoms with E-state index in [1.54, 1.807) is 18.7 Å². The molecule has 1 N–H and O–H groups in total. The third kappa shape index (κ3) is 2.19. The van der Waals surface area contributed by atoms with Gasteiger partial charge in [-0.2, -0.15) is 0 Å². The molecule has 2 atom stereocenters. The van der Waals surface area contributed by atoms with E-state index in [9.17, 15) is 9.59 Å². The minimum Gasteiger partial charge on any atom is -0.361 e. The number of rotatable bonds is 3. The molecule has 1 saturated heterocycles. The van der Waals surface area contributed by atoms with Gasteiger partial charge in [0.1, 0.15) is 17.3 Å². The molecule has 0 saturated carbocycles. The number of aryl methyl sites for hydroxylation is 2. The van der Waals surface area contributed by atoms with Crippen LogP contribution in [0.4, 0.5) is 0 Å². The highest BCUT2D eigenvalue weighted by atomic mass is 16.5. The van der Waals surface area contributed by atoms with Crippen LogP contribution in [0.25, 0.3) is 0 Å². The van der Waals surface area contributed by atoms with Gasteiger partial charge < -0.3 is 14.7 Å². The Kier molecular flexibility index (Phi) is 3.58. The smallest absolute Gasteiger partial charge is 0.249 e. The van der Waals surface area contributed by atoms with Gasteiger partial charge in [-0.1, -0.05) is 12.1 Å². The van der Waals surface area contributed by atoms with E-state index in [-0.39, 0.29) is 11.8 Å². The van der Waals surface area contributed by atoms with Gasteiger partial charge >= 0.3 is 0 Å². The van der Waals surface area contributed by atoms with E-state index in [0.29, 0.717) is 18.7 Å². The van der Waals surface area contributed by atoms with Crippen molar-refractivity contribution in [3.05, 3.63) is 17.0 Å². The summed E-state index contributed by atoms with van der Waals surface area (Å²) in [6.45, 7) is 9.39. The molecule has 1 aliphatic rings. The van der Waals surface area contributed by atoms with Crippen molar-refractivity contribution in [2.75, 3.05) is 0 Å². The average Bonchev–Trinajstić information content (AvgIpc) is 2.72. The molecule has 2 heterocycles. The van der Waals surface area contributed by atoms with Gasteiger partial charge in [0.25, 0.3) is 0 Å². The average molecular weight is 279 g/mol. The van der Waals surface area contributed by atoms with Crippen LogP contribution in [0.1, 0.15) is 44.2 Å². The zero-order chi connectivity index (χ0) is 15.1. The van der Waals surface area contributed by atoms with Crippen LogP contribution in [0.15, 0.2) is 4.52 Å². The molecule has 0 aromatic carbocycles. The number of hydrogen-bond donors (Lipinski definition) is 1. The van der Waals surface area contributed by atoms with Gasteiger partial charge in [0.15, 0.2) is 0 Å². The fourth-order valence-electron chi connectivity index (χ4n) is 2.41. The number of carbonyl (C=O) groups excluding carboxylic acids is 2. The van der Waals surface area contributed by atoms with Gasteiger partial charge in [-0.15, -0.1) is 0 Å². The quantitative estimate of drug-likeness (QED) is 0.905. The van der Waals surface area contributed by atoms with Crippen LogP contribution in [0.2, 0.25) is 0 Å². The van der Waals surface area contributed by atoms with Crippen LogP contribution in [0, 0.1) is 13.8 Å². The summed E-state index contributed by atoms with van der Waals surface area (Å²) in [5.74, 6) is 0.500. The molecule has 1 aromatic rings. The Labute approximate surface area is 118 Å². The summed E-state index contributed by atoms with van der Waals surface area (Å²) in [5.41, 5.74) is 0.799. The minimum atomic E-state index is -0.831. The SMILES string of the molecule is CCC1(C)NC(=O)C(C)N(Cc2c(C)noc2C)C1=O. The van der Waals surface area contributed by atoms with E-state index >= 15 is 0 Å². The molecule has 0 radical (unpaired) electrons. The molecule has 2 unspecified atom stereocenters. The van der Waals surface area contributed by atoms with Crippen LogP contribution in [0.5, 0.6) is 0 Å². The van der Waals surface area contributed by atoms with Crippen molar-refractivity contribution in [2.24, 2.45) is 0 Å². The Morgan fingerprint density at radius 1 is 1.40 bits per heavy atom. The van der Waals surface area contributed by atoms with Crippen molar-refractivity contribution < 1.29 is 14.1 Å². The third-order valence-corrected chi connectivity index (χ3v) is 4.20. The van der Waals surface area contributed by atoms with E-state index in [0.717, 1.165) is 11.3 Å². The van der Waals surface area contributed by atoms with E-state index in [1.807, 2.05) is 20.8 Å². The number of nitrogens with one attached hydrogen (secondary N) is 1. The summed E-state index contributed by atoms with van der Waals surface area (Å²) in [6.07, 6.45) is 0.558. The van der Waals surface area contributed by atoms with E-state index in [2.05, 4.69) is 10.5 Å². The first-order chi connectivity index (χ1) is 9.30. The Morgan fingerprint density at radius 3 is 2.55 bits per heavy atom. The van der Waals surface area contributed by atoms with Crippen LogP contribution in [-0.4, -0.2) is 33.5 Å². The summed E-state index contributed by atoms with van der Waals surface area (Å²) in [4.78, 5) is 26.3. The Balaban J connectivity index is 2.33. The van der Waals surface area contributed by atoms with Gasteiger partial charge in [0, 0.05) is 5.56 Å². The van der Waals surface area contributed by atoms with Crippen LogP contribution >= 0.6 is 0 Å². The lowest BCUT2D eigenvalue weighted by Crippen LogP contribution is -2.68. The molecule has 6 heteroatoms. The maximum Gasteiger partial charge on any atom is 0.249 e. The van der Waals surface area contributed by atoms with Crippen LogP contribution in [-0.2, 0) is 16.1 Å². The first kappa shape index (κ1) is 14.6. The molecule has 1 aliphatic heterocycles. The Bertz CT molecular complexity index is 532. The Morgan fingerprint density at radius 2 is 2.05 bits per heavy atom. The lowest BCUT2D eigenvalue weighted by atomic mass is 9.92. The number of nitrogens with zero attached hydrogens (tertiary/aromatic N) is 2. The maximum absolute atomic E-state index is 12.6. The normalized spacial score (nSPS) is 26.9. The highest BCUT2D eigenvalue weighted by Gasteiger charge is 2.45. The zero-order valence-corrected chi connectivity index (χ0v) is 12.6. The van der Waals surface area contributed by atoms with E-state index < -0.39 is 11.6 Å². The fraction of sp³-hybridized carbons (Fsp3) is 0.643. The molecule has 20 heavy (non-hydrogen) atoms. The first-order valence-electron chi connectivity index (χ1n) is 6.85. The van der Waals surface area contributed by atoms with E-state index in [4.69, 9.17) is 4.52 Å². The number of piperazine rings is 1. The number of hydrogen-bond acceptors (Lipinski definition) is 4. The molecular weight excluding hydrogens is 258 g/mol. The monoisotopic (exact) mass is 279 g/mol. The molecule has 1 aromatic heterocycles. The Hall–Kier alpha value is -1.85. The second kappa shape index (κ2) is 4.92. The minimum absolute atomic E-state index is 0.0629. The predicted molar refractivity (Wildman–Crippen MR) is 72.8 cm³/mol. The molecule has 0 bridgehead atoms. The summed E-state index contributed by atoms with van der Waals surface area (Å²) in [5, 5.41) is 6.71. The molecule has 6 nitrogen and oxygen atoms in total. The molecule has 0 spiro atoms.